The molecule has 1 aromatic rings. The number of aryl methyl sites for hydroxylation is 1. The van der Waals surface area contributed by atoms with Gasteiger partial charge in [-0.25, -0.2) is 0 Å². The van der Waals surface area contributed by atoms with E-state index in [4.69, 9.17) is 0 Å². The number of carbonyl (C=O) groups excluding carboxylic acids is 1. The highest BCUT2D eigenvalue weighted by molar-refractivity contribution is 5.79. The molecule has 0 aromatic heterocycles. The number of benzene rings is 1. The Bertz CT molecular complexity index is 728. The summed E-state index contributed by atoms with van der Waals surface area (Å²) in [6.07, 6.45) is 10.6. The Hall–Kier alpha value is -1.81. The first-order valence-corrected chi connectivity index (χ1v) is 11.6. The molecule has 4 heteroatoms. The molecule has 1 aliphatic carbocycles. The standard InChI is InChI=1S/C25H37N3O/c1-20-7-6-10-24(21(20)2)27-15-17-28(18-16-27)25(29)23-11-13-26(14-12-23)19-22-8-4-3-5-9-22/h3-4,6-7,10,22-23H,5,8-9,11-19H2,1-2H3. The number of carbonyl (C=O) groups is 1. The Morgan fingerprint density at radius 1 is 0.966 bits per heavy atom. The van der Waals surface area contributed by atoms with Crippen molar-refractivity contribution in [3.05, 3.63) is 41.5 Å². The minimum absolute atomic E-state index is 0.241. The zero-order valence-electron chi connectivity index (χ0n) is 18.3. The van der Waals surface area contributed by atoms with Gasteiger partial charge in [0.2, 0.25) is 5.91 Å². The van der Waals surface area contributed by atoms with E-state index < -0.39 is 0 Å². The second-order valence-electron chi connectivity index (χ2n) is 9.26. The van der Waals surface area contributed by atoms with Crippen molar-refractivity contribution < 1.29 is 4.79 Å². The van der Waals surface area contributed by atoms with Crippen molar-refractivity contribution in [1.29, 1.82) is 0 Å². The molecule has 29 heavy (non-hydrogen) atoms. The molecule has 0 bridgehead atoms. The van der Waals surface area contributed by atoms with Gasteiger partial charge < -0.3 is 14.7 Å². The van der Waals surface area contributed by atoms with Gasteiger partial charge in [-0.15, -0.1) is 0 Å². The van der Waals surface area contributed by atoms with Crippen LogP contribution >= 0.6 is 0 Å². The first kappa shape index (κ1) is 20.5. The van der Waals surface area contributed by atoms with Crippen LogP contribution in [-0.4, -0.2) is 61.5 Å². The van der Waals surface area contributed by atoms with E-state index >= 15 is 0 Å². The number of likely N-dealkylation sites (tertiary alicyclic amines) is 1. The highest BCUT2D eigenvalue weighted by Crippen LogP contribution is 2.27. The van der Waals surface area contributed by atoms with E-state index in [-0.39, 0.29) is 5.92 Å². The molecular formula is C25H37N3O. The van der Waals surface area contributed by atoms with Crippen molar-refractivity contribution in [3.8, 4) is 0 Å². The first-order valence-electron chi connectivity index (χ1n) is 11.6. The monoisotopic (exact) mass is 395 g/mol. The van der Waals surface area contributed by atoms with E-state index in [1.165, 1.54) is 42.6 Å². The zero-order valence-corrected chi connectivity index (χ0v) is 18.3. The van der Waals surface area contributed by atoms with Crippen LogP contribution < -0.4 is 4.90 Å². The summed E-state index contributed by atoms with van der Waals surface area (Å²) in [5.74, 6) is 1.47. The van der Waals surface area contributed by atoms with E-state index in [9.17, 15) is 4.79 Å². The number of amides is 1. The average molecular weight is 396 g/mol. The highest BCUT2D eigenvalue weighted by atomic mass is 16.2. The van der Waals surface area contributed by atoms with Crippen LogP contribution in [0.2, 0.25) is 0 Å². The molecule has 1 amide bonds. The molecule has 0 radical (unpaired) electrons. The van der Waals surface area contributed by atoms with E-state index in [1.54, 1.807) is 0 Å². The van der Waals surface area contributed by atoms with E-state index in [2.05, 4.69) is 58.9 Å². The molecule has 2 saturated heterocycles. The molecule has 4 rings (SSSR count). The van der Waals surface area contributed by atoms with Crippen LogP contribution in [-0.2, 0) is 4.79 Å². The van der Waals surface area contributed by atoms with Crippen LogP contribution in [0.4, 0.5) is 5.69 Å². The van der Waals surface area contributed by atoms with Crippen LogP contribution in [0.5, 0.6) is 0 Å². The van der Waals surface area contributed by atoms with Gasteiger partial charge in [0.15, 0.2) is 0 Å². The normalized spacial score (nSPS) is 24.1. The summed E-state index contributed by atoms with van der Waals surface area (Å²) in [5.41, 5.74) is 4.05. The molecule has 1 aromatic carbocycles. The van der Waals surface area contributed by atoms with Crippen molar-refractivity contribution in [2.45, 2.75) is 46.0 Å². The molecule has 0 saturated carbocycles. The van der Waals surface area contributed by atoms with Crippen molar-refractivity contribution in [2.75, 3.05) is 50.7 Å². The Morgan fingerprint density at radius 3 is 2.41 bits per heavy atom. The third-order valence-corrected chi connectivity index (χ3v) is 7.34. The summed E-state index contributed by atoms with van der Waals surface area (Å²) < 4.78 is 0. The highest BCUT2D eigenvalue weighted by Gasteiger charge is 2.31. The molecule has 1 atom stereocenters. The van der Waals surface area contributed by atoms with Gasteiger partial charge in [0.1, 0.15) is 0 Å². The number of rotatable bonds is 4. The van der Waals surface area contributed by atoms with Gasteiger partial charge in [0.25, 0.3) is 0 Å². The Morgan fingerprint density at radius 2 is 1.72 bits per heavy atom. The summed E-state index contributed by atoms with van der Waals surface area (Å²) in [6.45, 7) is 11.4. The van der Waals surface area contributed by atoms with Gasteiger partial charge in [-0.05, 0) is 82.2 Å². The molecule has 1 unspecified atom stereocenters. The number of allylic oxidation sites excluding steroid dienone is 2. The quantitative estimate of drug-likeness (QED) is 0.721. The molecule has 3 aliphatic rings. The van der Waals surface area contributed by atoms with Gasteiger partial charge in [-0.2, -0.15) is 0 Å². The number of nitrogens with zero attached hydrogens (tertiary/aromatic N) is 3. The van der Waals surface area contributed by atoms with Gasteiger partial charge in [0.05, 0.1) is 0 Å². The fourth-order valence-electron chi connectivity index (χ4n) is 5.25. The third-order valence-electron chi connectivity index (χ3n) is 7.34. The van der Waals surface area contributed by atoms with Gasteiger partial charge >= 0.3 is 0 Å². The van der Waals surface area contributed by atoms with Crippen LogP contribution in [0, 0.1) is 25.7 Å². The Balaban J connectivity index is 1.24. The minimum Gasteiger partial charge on any atom is -0.368 e. The van der Waals surface area contributed by atoms with Crippen LogP contribution in [0.1, 0.15) is 43.2 Å². The smallest absolute Gasteiger partial charge is 0.225 e. The van der Waals surface area contributed by atoms with E-state index in [0.717, 1.165) is 58.0 Å². The largest absolute Gasteiger partial charge is 0.368 e. The molecule has 2 heterocycles. The molecule has 2 fully saturated rings. The van der Waals surface area contributed by atoms with Gasteiger partial charge in [0, 0.05) is 44.3 Å². The van der Waals surface area contributed by atoms with Crippen molar-refractivity contribution in [1.82, 2.24) is 9.80 Å². The van der Waals surface area contributed by atoms with E-state index in [0.29, 0.717) is 5.91 Å². The van der Waals surface area contributed by atoms with Gasteiger partial charge in [-0.1, -0.05) is 24.3 Å². The van der Waals surface area contributed by atoms with Crippen molar-refractivity contribution in [2.24, 2.45) is 11.8 Å². The third kappa shape index (κ3) is 4.85. The minimum atomic E-state index is 0.241. The summed E-state index contributed by atoms with van der Waals surface area (Å²) >= 11 is 0. The predicted octanol–water partition coefficient (Wildman–Crippen LogP) is 4.02. The van der Waals surface area contributed by atoms with E-state index in [1.807, 2.05) is 0 Å². The fraction of sp³-hybridized carbons (Fsp3) is 0.640. The first-order chi connectivity index (χ1) is 14.1. The fourth-order valence-corrected chi connectivity index (χ4v) is 5.25. The maximum atomic E-state index is 13.1. The maximum absolute atomic E-state index is 13.1. The lowest BCUT2D eigenvalue weighted by molar-refractivity contribution is -0.137. The molecule has 0 N–H and O–H groups in total. The summed E-state index contributed by atoms with van der Waals surface area (Å²) in [6, 6.07) is 6.54. The molecule has 2 aliphatic heterocycles. The van der Waals surface area contributed by atoms with Crippen LogP contribution in [0.15, 0.2) is 30.4 Å². The summed E-state index contributed by atoms with van der Waals surface area (Å²) in [7, 11) is 0. The maximum Gasteiger partial charge on any atom is 0.225 e. The number of hydrogen-bond acceptors (Lipinski definition) is 3. The second kappa shape index (κ2) is 9.34. The lowest BCUT2D eigenvalue weighted by atomic mass is 9.91. The lowest BCUT2D eigenvalue weighted by Crippen LogP contribution is -2.52. The SMILES string of the molecule is Cc1cccc(N2CCN(C(=O)C3CCN(CC4CC=CCC4)CC3)CC2)c1C. The predicted molar refractivity (Wildman–Crippen MR) is 120 cm³/mol. The molecule has 4 nitrogen and oxygen atoms in total. The second-order valence-corrected chi connectivity index (χ2v) is 9.26. The number of hydrogen-bond donors (Lipinski definition) is 0. The van der Waals surface area contributed by atoms with Crippen molar-refractivity contribution in [3.63, 3.8) is 0 Å². The Labute approximate surface area is 176 Å². The topological polar surface area (TPSA) is 26.8 Å². The molecular weight excluding hydrogens is 358 g/mol. The molecule has 158 valence electrons. The van der Waals surface area contributed by atoms with Crippen molar-refractivity contribution >= 4 is 11.6 Å². The number of anilines is 1. The summed E-state index contributed by atoms with van der Waals surface area (Å²) in [5, 5.41) is 0. The number of piperazine rings is 1. The number of piperidine rings is 1. The summed E-state index contributed by atoms with van der Waals surface area (Å²) in [4.78, 5) is 20.3. The van der Waals surface area contributed by atoms with Gasteiger partial charge in [-0.3, -0.25) is 4.79 Å². The Kier molecular flexibility index (Phi) is 6.59. The van der Waals surface area contributed by atoms with Crippen LogP contribution in [0.3, 0.4) is 0 Å². The molecule has 0 spiro atoms. The van der Waals surface area contributed by atoms with Crippen LogP contribution in [0.25, 0.3) is 0 Å². The lowest BCUT2D eigenvalue weighted by Gasteiger charge is -2.40. The zero-order chi connectivity index (χ0) is 20.2. The average Bonchev–Trinajstić information content (AvgIpc) is 2.77.